The first-order valence-electron chi connectivity index (χ1n) is 11.6. The summed E-state index contributed by atoms with van der Waals surface area (Å²) < 4.78 is 84.6. The highest BCUT2D eigenvalue weighted by Crippen LogP contribution is 2.33. The molecule has 2 aromatic heterocycles. The van der Waals surface area contributed by atoms with Gasteiger partial charge in [-0.05, 0) is 55.5 Å². The summed E-state index contributed by atoms with van der Waals surface area (Å²) in [6, 6.07) is 7.00. The van der Waals surface area contributed by atoms with E-state index in [4.69, 9.17) is 4.74 Å². The third-order valence-electron chi connectivity index (χ3n) is 5.72. The Morgan fingerprint density at radius 2 is 1.89 bits per heavy atom. The minimum atomic E-state index is -4.29. The maximum absolute atomic E-state index is 15.9. The fourth-order valence-electron chi connectivity index (χ4n) is 3.80. The van der Waals surface area contributed by atoms with Crippen molar-refractivity contribution in [3.05, 3.63) is 58.3 Å². The maximum Gasteiger partial charge on any atom is 0.389 e. The standard InChI is InChI=1S/C24H24F4N4O5S/c1-38(35,36)31-23(34)19-18(17-9-11-32(30-17)13-14-3-4-14)20(25)21(29-22(19)33)15-5-7-16(8-6-15)37-12-2-10-24(26,27)28/h5-9,11,14H,2-4,10,12-13H2,1H3,(H,29,33)(H,31,34). The van der Waals surface area contributed by atoms with Crippen LogP contribution in [-0.2, 0) is 16.6 Å². The van der Waals surface area contributed by atoms with Gasteiger partial charge in [0.25, 0.3) is 11.5 Å². The summed E-state index contributed by atoms with van der Waals surface area (Å²) >= 11 is 0. The Kier molecular flexibility index (Phi) is 7.63. The smallest absolute Gasteiger partial charge is 0.389 e. The highest BCUT2D eigenvalue weighted by atomic mass is 32.2. The molecule has 0 saturated heterocycles. The molecule has 0 bridgehead atoms. The van der Waals surface area contributed by atoms with Gasteiger partial charge in [0.15, 0.2) is 5.82 Å². The predicted octanol–water partition coefficient (Wildman–Crippen LogP) is 3.87. The van der Waals surface area contributed by atoms with Gasteiger partial charge in [-0.25, -0.2) is 17.5 Å². The number of pyridine rings is 1. The molecule has 1 aliphatic carbocycles. The van der Waals surface area contributed by atoms with Crippen molar-refractivity contribution in [3.63, 3.8) is 0 Å². The van der Waals surface area contributed by atoms with Crippen molar-refractivity contribution in [3.8, 4) is 28.3 Å². The second-order valence-corrected chi connectivity index (χ2v) is 10.8. The third-order valence-corrected chi connectivity index (χ3v) is 6.27. The molecule has 1 amide bonds. The molecule has 1 aliphatic rings. The minimum absolute atomic E-state index is 0.0289. The van der Waals surface area contributed by atoms with Crippen LogP contribution in [0.4, 0.5) is 17.6 Å². The molecule has 2 heterocycles. The number of carbonyl (C=O) groups excluding carboxylic acids is 1. The van der Waals surface area contributed by atoms with Gasteiger partial charge in [-0.2, -0.15) is 18.3 Å². The monoisotopic (exact) mass is 556 g/mol. The van der Waals surface area contributed by atoms with E-state index in [0.29, 0.717) is 12.5 Å². The van der Waals surface area contributed by atoms with E-state index in [1.807, 2.05) is 0 Å². The van der Waals surface area contributed by atoms with E-state index in [9.17, 15) is 31.2 Å². The Balaban J connectivity index is 1.68. The zero-order valence-electron chi connectivity index (χ0n) is 20.1. The summed E-state index contributed by atoms with van der Waals surface area (Å²) in [6.07, 6.45) is -1.15. The van der Waals surface area contributed by atoms with Gasteiger partial charge < -0.3 is 9.72 Å². The van der Waals surface area contributed by atoms with Crippen LogP contribution in [0.15, 0.2) is 41.3 Å². The van der Waals surface area contributed by atoms with Gasteiger partial charge in [-0.1, -0.05) is 0 Å². The lowest BCUT2D eigenvalue weighted by Gasteiger charge is -2.13. The topological polar surface area (TPSA) is 123 Å². The number of ether oxygens (including phenoxy) is 1. The van der Waals surface area contributed by atoms with Gasteiger partial charge >= 0.3 is 6.18 Å². The molecule has 4 rings (SSSR count). The summed E-state index contributed by atoms with van der Waals surface area (Å²) in [5, 5.41) is 4.30. The van der Waals surface area contributed by atoms with Gasteiger partial charge in [0.2, 0.25) is 10.0 Å². The first kappa shape index (κ1) is 27.4. The summed E-state index contributed by atoms with van der Waals surface area (Å²) in [5.74, 6) is -1.65. The normalized spacial score (nSPS) is 13.9. The number of hydrogen-bond donors (Lipinski definition) is 2. The molecule has 0 unspecified atom stereocenters. The van der Waals surface area contributed by atoms with Crippen molar-refractivity contribution in [2.75, 3.05) is 12.9 Å². The highest BCUT2D eigenvalue weighted by molar-refractivity contribution is 7.89. The molecule has 204 valence electrons. The van der Waals surface area contributed by atoms with E-state index >= 15 is 4.39 Å². The number of H-pyrrole nitrogens is 1. The molecule has 0 atom stereocenters. The largest absolute Gasteiger partial charge is 0.494 e. The van der Waals surface area contributed by atoms with Crippen LogP contribution < -0.4 is 15.0 Å². The zero-order valence-corrected chi connectivity index (χ0v) is 21.0. The minimum Gasteiger partial charge on any atom is -0.494 e. The molecule has 0 aliphatic heterocycles. The first-order valence-corrected chi connectivity index (χ1v) is 13.5. The van der Waals surface area contributed by atoms with Crippen LogP contribution in [0.2, 0.25) is 0 Å². The Bertz CT molecular complexity index is 1490. The molecule has 0 radical (unpaired) electrons. The molecule has 1 aromatic carbocycles. The van der Waals surface area contributed by atoms with E-state index in [2.05, 4.69) is 10.1 Å². The fourth-order valence-corrected chi connectivity index (χ4v) is 4.24. The number of sulfonamides is 1. The van der Waals surface area contributed by atoms with E-state index in [-0.39, 0.29) is 35.7 Å². The molecular formula is C24H24F4N4O5S. The van der Waals surface area contributed by atoms with Crippen molar-refractivity contribution in [1.82, 2.24) is 19.5 Å². The number of carbonyl (C=O) groups is 1. The van der Waals surface area contributed by atoms with Crippen LogP contribution >= 0.6 is 0 Å². The lowest BCUT2D eigenvalue weighted by molar-refractivity contribution is -0.136. The Morgan fingerprint density at radius 1 is 1.21 bits per heavy atom. The molecule has 2 N–H and O–H groups in total. The van der Waals surface area contributed by atoms with Crippen molar-refractivity contribution >= 4 is 15.9 Å². The quantitative estimate of drug-likeness (QED) is 0.289. The van der Waals surface area contributed by atoms with Crippen LogP contribution in [0.25, 0.3) is 22.5 Å². The molecule has 38 heavy (non-hydrogen) atoms. The average Bonchev–Trinajstić information content (AvgIpc) is 3.51. The van der Waals surface area contributed by atoms with Crippen LogP contribution in [0.5, 0.6) is 5.75 Å². The summed E-state index contributed by atoms with van der Waals surface area (Å²) in [7, 11) is -4.06. The Labute approximate surface area is 214 Å². The lowest BCUT2D eigenvalue weighted by atomic mass is 10.0. The van der Waals surface area contributed by atoms with E-state index in [0.717, 1.165) is 19.1 Å². The van der Waals surface area contributed by atoms with E-state index < -0.39 is 51.0 Å². The van der Waals surface area contributed by atoms with Gasteiger partial charge in [0.1, 0.15) is 11.3 Å². The number of aromatic amines is 1. The fraction of sp³-hybridized carbons (Fsp3) is 0.375. The number of nitrogens with one attached hydrogen (secondary N) is 2. The molecule has 1 fully saturated rings. The SMILES string of the molecule is CS(=O)(=O)NC(=O)c1c(-c2ccn(CC3CC3)n2)c(F)c(-c2ccc(OCCCC(F)(F)F)cc2)[nH]c1=O. The summed E-state index contributed by atoms with van der Waals surface area (Å²) in [6.45, 7) is 0.398. The first-order chi connectivity index (χ1) is 17.8. The summed E-state index contributed by atoms with van der Waals surface area (Å²) in [5.41, 5.74) is -2.40. The van der Waals surface area contributed by atoms with Crippen molar-refractivity contribution < 1.29 is 35.5 Å². The number of aromatic nitrogens is 3. The number of alkyl halides is 3. The average molecular weight is 557 g/mol. The number of nitrogens with zero attached hydrogens (tertiary/aromatic N) is 2. The van der Waals surface area contributed by atoms with Crippen LogP contribution in [0.3, 0.4) is 0 Å². The maximum atomic E-state index is 15.9. The molecular weight excluding hydrogens is 532 g/mol. The second kappa shape index (κ2) is 10.6. The number of halogens is 4. The highest BCUT2D eigenvalue weighted by Gasteiger charge is 2.29. The number of hydrogen-bond acceptors (Lipinski definition) is 6. The Morgan fingerprint density at radius 3 is 2.50 bits per heavy atom. The third kappa shape index (κ3) is 7.00. The number of rotatable bonds is 10. The molecule has 1 saturated carbocycles. The number of amides is 1. The molecule has 0 spiro atoms. The van der Waals surface area contributed by atoms with Crippen LogP contribution in [0.1, 0.15) is 36.0 Å². The predicted molar refractivity (Wildman–Crippen MR) is 129 cm³/mol. The van der Waals surface area contributed by atoms with Crippen LogP contribution in [-0.4, -0.2) is 48.1 Å². The summed E-state index contributed by atoms with van der Waals surface area (Å²) in [4.78, 5) is 28.0. The molecule has 14 heteroatoms. The van der Waals surface area contributed by atoms with E-state index in [1.165, 1.54) is 30.3 Å². The van der Waals surface area contributed by atoms with Crippen molar-refractivity contribution in [2.24, 2.45) is 5.92 Å². The van der Waals surface area contributed by atoms with Gasteiger partial charge in [-0.3, -0.25) is 14.3 Å². The molecule has 9 nitrogen and oxygen atoms in total. The lowest BCUT2D eigenvalue weighted by Crippen LogP contribution is -2.35. The number of benzene rings is 1. The van der Waals surface area contributed by atoms with Gasteiger partial charge in [0.05, 0.1) is 29.8 Å². The Hall–Kier alpha value is -3.68. The van der Waals surface area contributed by atoms with Crippen molar-refractivity contribution in [1.29, 1.82) is 0 Å². The van der Waals surface area contributed by atoms with Gasteiger partial charge in [-0.15, -0.1) is 0 Å². The zero-order chi connectivity index (χ0) is 27.7. The van der Waals surface area contributed by atoms with Crippen LogP contribution in [0, 0.1) is 11.7 Å². The van der Waals surface area contributed by atoms with Crippen molar-refractivity contribution in [2.45, 2.75) is 38.4 Å². The van der Waals surface area contributed by atoms with E-state index in [1.54, 1.807) is 15.6 Å². The second-order valence-electron chi connectivity index (χ2n) is 9.05. The van der Waals surface area contributed by atoms with Gasteiger partial charge in [0, 0.05) is 24.7 Å². The molecule has 3 aromatic rings.